The zero-order chi connectivity index (χ0) is 14.7. The van der Waals surface area contributed by atoms with Gasteiger partial charge in [0.05, 0.1) is 10.0 Å². The van der Waals surface area contributed by atoms with Crippen molar-refractivity contribution < 1.29 is 9.13 Å². The summed E-state index contributed by atoms with van der Waals surface area (Å²) in [4.78, 5) is 0.250. The lowest BCUT2D eigenvalue weighted by molar-refractivity contribution is 0.304. The molecule has 2 aromatic carbocycles. The SMILES string of the molecule is NC(=S)c1cc(Br)ccc1OCc1cccc(F)c1Br. The van der Waals surface area contributed by atoms with E-state index in [9.17, 15) is 4.39 Å². The highest BCUT2D eigenvalue weighted by Gasteiger charge is 2.10. The number of nitrogens with two attached hydrogens (primary N) is 1. The normalized spacial score (nSPS) is 10.3. The average molecular weight is 419 g/mol. The summed E-state index contributed by atoms with van der Waals surface area (Å²) in [6.07, 6.45) is 0. The Morgan fingerprint density at radius 2 is 2.00 bits per heavy atom. The minimum atomic E-state index is -0.323. The van der Waals surface area contributed by atoms with Crippen molar-refractivity contribution >= 4 is 49.1 Å². The minimum absolute atomic E-state index is 0.218. The lowest BCUT2D eigenvalue weighted by atomic mass is 10.2. The van der Waals surface area contributed by atoms with Crippen LogP contribution in [-0.4, -0.2) is 4.99 Å². The molecule has 0 spiro atoms. The standard InChI is InChI=1S/C14H10Br2FNOS/c15-9-4-5-12(10(6-9)14(18)20)19-7-8-2-1-3-11(17)13(8)16/h1-6H,7H2,(H2,18,20). The Morgan fingerprint density at radius 1 is 1.25 bits per heavy atom. The third-order valence-electron chi connectivity index (χ3n) is 2.62. The highest BCUT2D eigenvalue weighted by Crippen LogP contribution is 2.26. The predicted molar refractivity (Wildman–Crippen MR) is 88.5 cm³/mol. The van der Waals surface area contributed by atoms with Crippen molar-refractivity contribution in [2.45, 2.75) is 6.61 Å². The van der Waals surface area contributed by atoms with E-state index >= 15 is 0 Å². The Bertz CT molecular complexity index is 664. The first-order valence-electron chi connectivity index (χ1n) is 5.64. The fourth-order valence-corrected chi connectivity index (χ4v) is 2.54. The Balaban J connectivity index is 2.23. The monoisotopic (exact) mass is 417 g/mol. The van der Waals surface area contributed by atoms with E-state index in [0.717, 1.165) is 4.47 Å². The summed E-state index contributed by atoms with van der Waals surface area (Å²) in [6.45, 7) is 0.218. The first-order valence-corrected chi connectivity index (χ1v) is 7.63. The highest BCUT2D eigenvalue weighted by atomic mass is 79.9. The highest BCUT2D eigenvalue weighted by molar-refractivity contribution is 9.10. The maximum atomic E-state index is 13.4. The van der Waals surface area contributed by atoms with Crippen molar-refractivity contribution in [3.05, 3.63) is 62.3 Å². The summed E-state index contributed by atoms with van der Waals surface area (Å²) in [7, 11) is 0. The van der Waals surface area contributed by atoms with Gasteiger partial charge in [-0.15, -0.1) is 0 Å². The molecular weight excluding hydrogens is 409 g/mol. The molecule has 6 heteroatoms. The van der Waals surface area contributed by atoms with Crippen molar-refractivity contribution in [1.29, 1.82) is 0 Å². The van der Waals surface area contributed by atoms with E-state index in [1.807, 2.05) is 6.07 Å². The smallest absolute Gasteiger partial charge is 0.137 e. The number of thiocarbonyl (C=S) groups is 1. The second-order valence-electron chi connectivity index (χ2n) is 4.01. The third-order valence-corrected chi connectivity index (χ3v) is 4.22. The topological polar surface area (TPSA) is 35.2 Å². The van der Waals surface area contributed by atoms with Crippen LogP contribution in [0.4, 0.5) is 4.39 Å². The molecule has 0 radical (unpaired) electrons. The molecule has 0 saturated carbocycles. The van der Waals surface area contributed by atoms with Gasteiger partial charge in [-0.1, -0.05) is 40.3 Å². The molecule has 0 bridgehead atoms. The van der Waals surface area contributed by atoms with Crippen LogP contribution < -0.4 is 10.5 Å². The molecule has 0 aliphatic rings. The molecule has 0 heterocycles. The van der Waals surface area contributed by atoms with Gasteiger partial charge in [-0.05, 0) is 40.2 Å². The van der Waals surface area contributed by atoms with Crippen LogP contribution in [-0.2, 0) is 6.61 Å². The number of benzene rings is 2. The Morgan fingerprint density at radius 3 is 2.70 bits per heavy atom. The number of halogens is 3. The second kappa shape index (κ2) is 6.65. The van der Waals surface area contributed by atoms with Crippen LogP contribution >= 0.6 is 44.1 Å². The van der Waals surface area contributed by atoms with Gasteiger partial charge in [-0.3, -0.25) is 0 Å². The van der Waals surface area contributed by atoms with E-state index < -0.39 is 0 Å². The minimum Gasteiger partial charge on any atom is -0.488 e. The quantitative estimate of drug-likeness (QED) is 0.739. The van der Waals surface area contributed by atoms with Crippen LogP contribution in [0.25, 0.3) is 0 Å². The molecule has 0 atom stereocenters. The fraction of sp³-hybridized carbons (Fsp3) is 0.0714. The van der Waals surface area contributed by atoms with Crippen molar-refractivity contribution in [3.8, 4) is 5.75 Å². The van der Waals surface area contributed by atoms with Gasteiger partial charge in [0.2, 0.25) is 0 Å². The van der Waals surface area contributed by atoms with Gasteiger partial charge in [-0.25, -0.2) is 4.39 Å². The molecule has 20 heavy (non-hydrogen) atoms. The van der Waals surface area contributed by atoms with Gasteiger partial charge >= 0.3 is 0 Å². The predicted octanol–water partition coefficient (Wildman–Crippen LogP) is 4.56. The first kappa shape index (κ1) is 15.4. The van der Waals surface area contributed by atoms with E-state index in [-0.39, 0.29) is 17.4 Å². The van der Waals surface area contributed by atoms with Crippen LogP contribution in [0.5, 0.6) is 5.75 Å². The van der Waals surface area contributed by atoms with Crippen molar-refractivity contribution in [2.75, 3.05) is 0 Å². The molecule has 2 aromatic rings. The summed E-state index contributed by atoms with van der Waals surface area (Å²) in [5.74, 6) is 0.244. The Kier molecular flexibility index (Phi) is 5.12. The molecule has 0 aliphatic carbocycles. The summed E-state index contributed by atoms with van der Waals surface area (Å²) < 4.78 is 20.4. The van der Waals surface area contributed by atoms with Gasteiger partial charge in [0, 0.05) is 10.0 Å². The number of hydrogen-bond donors (Lipinski definition) is 1. The number of rotatable bonds is 4. The van der Waals surface area contributed by atoms with Crippen molar-refractivity contribution in [2.24, 2.45) is 5.73 Å². The zero-order valence-electron chi connectivity index (χ0n) is 10.2. The molecule has 2 N–H and O–H groups in total. The van der Waals surface area contributed by atoms with Crippen LogP contribution in [0, 0.1) is 5.82 Å². The Labute approximate surface area is 138 Å². The van der Waals surface area contributed by atoms with Gasteiger partial charge in [0.25, 0.3) is 0 Å². The van der Waals surface area contributed by atoms with Crippen LogP contribution in [0.3, 0.4) is 0 Å². The van der Waals surface area contributed by atoms with E-state index in [0.29, 0.717) is 21.3 Å². The molecule has 0 saturated heterocycles. The summed E-state index contributed by atoms with van der Waals surface area (Å²) in [5.41, 5.74) is 7.02. The average Bonchev–Trinajstić information content (AvgIpc) is 2.41. The maximum absolute atomic E-state index is 13.4. The van der Waals surface area contributed by atoms with Crippen molar-refractivity contribution in [1.82, 2.24) is 0 Å². The molecule has 2 nitrogen and oxygen atoms in total. The van der Waals surface area contributed by atoms with Gasteiger partial charge in [0.1, 0.15) is 23.2 Å². The lowest BCUT2D eigenvalue weighted by Crippen LogP contribution is -2.12. The van der Waals surface area contributed by atoms with Crippen LogP contribution in [0.15, 0.2) is 45.3 Å². The molecule has 2 rings (SSSR count). The first-order chi connectivity index (χ1) is 9.49. The molecule has 104 valence electrons. The van der Waals surface area contributed by atoms with E-state index in [1.165, 1.54) is 6.07 Å². The molecule has 0 aromatic heterocycles. The van der Waals surface area contributed by atoms with E-state index in [1.54, 1.807) is 24.3 Å². The van der Waals surface area contributed by atoms with Crippen molar-refractivity contribution in [3.63, 3.8) is 0 Å². The summed E-state index contributed by atoms with van der Waals surface area (Å²) in [6, 6.07) is 10.2. The zero-order valence-corrected chi connectivity index (χ0v) is 14.2. The second-order valence-corrected chi connectivity index (χ2v) is 6.15. The van der Waals surface area contributed by atoms with E-state index in [4.69, 9.17) is 22.7 Å². The Hall–Kier alpha value is -0.980. The van der Waals surface area contributed by atoms with Gasteiger partial charge in [-0.2, -0.15) is 0 Å². The fourth-order valence-electron chi connectivity index (χ4n) is 1.64. The van der Waals surface area contributed by atoms with Gasteiger partial charge in [0.15, 0.2) is 0 Å². The molecule has 0 aliphatic heterocycles. The maximum Gasteiger partial charge on any atom is 0.137 e. The third kappa shape index (κ3) is 3.56. The number of ether oxygens (including phenoxy) is 1. The number of hydrogen-bond acceptors (Lipinski definition) is 2. The molecule has 0 unspecified atom stereocenters. The summed E-state index contributed by atoms with van der Waals surface area (Å²) >= 11 is 11.5. The van der Waals surface area contributed by atoms with E-state index in [2.05, 4.69) is 31.9 Å². The van der Waals surface area contributed by atoms with Gasteiger partial charge < -0.3 is 10.5 Å². The molecular formula is C14H10Br2FNOS. The van der Waals surface area contributed by atoms with Crippen LogP contribution in [0.1, 0.15) is 11.1 Å². The van der Waals surface area contributed by atoms with Crippen LogP contribution in [0.2, 0.25) is 0 Å². The molecule has 0 amide bonds. The molecule has 0 fully saturated rings. The largest absolute Gasteiger partial charge is 0.488 e. The summed E-state index contributed by atoms with van der Waals surface area (Å²) in [5, 5.41) is 0. The lowest BCUT2D eigenvalue weighted by Gasteiger charge is -2.12.